The molecule has 2 N–H and O–H groups in total. The van der Waals surface area contributed by atoms with Crippen LogP contribution in [0, 0.1) is 5.41 Å². The molecule has 1 heterocycles. The minimum Gasteiger partial charge on any atom is -0.481 e. The van der Waals surface area contributed by atoms with Crippen LogP contribution in [0.5, 0.6) is 0 Å². The average Bonchev–Trinajstić information content (AvgIpc) is 2.24. The number of nitrogens with one attached hydrogen (secondary N) is 1. The van der Waals surface area contributed by atoms with Gasteiger partial charge in [0.15, 0.2) is 0 Å². The molecule has 104 valence electrons. The molecule has 18 heavy (non-hydrogen) atoms. The number of rotatable bonds is 2. The Morgan fingerprint density at radius 1 is 1.44 bits per heavy atom. The number of aliphatic carboxylic acids is 1. The van der Waals surface area contributed by atoms with Gasteiger partial charge in [-0.15, -0.1) is 0 Å². The van der Waals surface area contributed by atoms with Crippen molar-refractivity contribution in [1.29, 1.82) is 0 Å². The maximum absolute atomic E-state index is 11.9. The summed E-state index contributed by atoms with van der Waals surface area (Å²) in [6, 6.07) is -0.875. The van der Waals surface area contributed by atoms with Crippen LogP contribution in [0.4, 0.5) is 18.0 Å². The van der Waals surface area contributed by atoms with Crippen molar-refractivity contribution in [3.05, 3.63) is 0 Å². The van der Waals surface area contributed by atoms with Gasteiger partial charge in [0.05, 0.1) is 5.41 Å². The predicted molar refractivity (Wildman–Crippen MR) is 56.0 cm³/mol. The molecule has 1 atom stereocenters. The van der Waals surface area contributed by atoms with E-state index in [2.05, 4.69) is 0 Å². The Hall–Kier alpha value is -1.47. The molecule has 1 saturated heterocycles. The number of hydrogen-bond acceptors (Lipinski definition) is 2. The van der Waals surface area contributed by atoms with Crippen molar-refractivity contribution in [3.63, 3.8) is 0 Å². The van der Waals surface area contributed by atoms with Crippen molar-refractivity contribution in [2.24, 2.45) is 5.41 Å². The molecule has 0 aliphatic carbocycles. The van der Waals surface area contributed by atoms with Gasteiger partial charge in [-0.3, -0.25) is 4.79 Å². The highest BCUT2D eigenvalue weighted by Crippen LogP contribution is 2.29. The van der Waals surface area contributed by atoms with Gasteiger partial charge in [-0.25, -0.2) is 4.79 Å². The number of hydrogen-bond donors (Lipinski definition) is 2. The fourth-order valence-electron chi connectivity index (χ4n) is 1.87. The molecular formula is C10H15F3N2O3. The third-order valence-electron chi connectivity index (χ3n) is 2.94. The van der Waals surface area contributed by atoms with Crippen molar-refractivity contribution in [2.45, 2.75) is 25.9 Å². The molecule has 0 bridgehead atoms. The minimum atomic E-state index is -4.47. The monoisotopic (exact) mass is 268 g/mol. The van der Waals surface area contributed by atoms with E-state index in [4.69, 9.17) is 5.11 Å². The first-order valence-electron chi connectivity index (χ1n) is 5.47. The van der Waals surface area contributed by atoms with E-state index < -0.39 is 30.1 Å². The lowest BCUT2D eigenvalue weighted by Crippen LogP contribution is -2.52. The number of carbonyl (C=O) groups excluding carboxylic acids is 1. The Morgan fingerprint density at radius 3 is 2.56 bits per heavy atom. The fraction of sp³-hybridized carbons (Fsp3) is 0.800. The van der Waals surface area contributed by atoms with E-state index in [0.717, 1.165) is 4.90 Å². The standard InChI is InChI=1S/C10H15F3N2O3/c1-9(7(16)17)3-2-4-15(6-9)8(18)14-5-10(11,12)13/h2-6H2,1H3,(H,14,18)(H,16,17). The maximum Gasteiger partial charge on any atom is 0.405 e. The number of carbonyl (C=O) groups is 2. The lowest BCUT2D eigenvalue weighted by molar-refractivity contribution is -0.150. The van der Waals surface area contributed by atoms with Gasteiger partial charge in [0.25, 0.3) is 0 Å². The van der Waals surface area contributed by atoms with Gasteiger partial charge < -0.3 is 15.3 Å². The number of urea groups is 1. The molecule has 0 radical (unpaired) electrons. The van der Waals surface area contributed by atoms with Gasteiger partial charge in [0.2, 0.25) is 0 Å². The van der Waals surface area contributed by atoms with Crippen LogP contribution in [0.1, 0.15) is 19.8 Å². The molecule has 0 saturated carbocycles. The molecule has 0 aromatic heterocycles. The molecule has 2 amide bonds. The molecule has 1 rings (SSSR count). The first kappa shape index (κ1) is 14.6. The fourth-order valence-corrected chi connectivity index (χ4v) is 1.87. The molecule has 0 aromatic rings. The van der Waals surface area contributed by atoms with E-state index in [1.807, 2.05) is 0 Å². The third kappa shape index (κ3) is 3.78. The Balaban J connectivity index is 2.56. The normalized spacial score (nSPS) is 24.8. The molecule has 0 aromatic carbocycles. The molecular weight excluding hydrogens is 253 g/mol. The van der Waals surface area contributed by atoms with E-state index in [1.54, 1.807) is 5.32 Å². The molecule has 1 aliphatic rings. The van der Waals surface area contributed by atoms with Crippen LogP contribution in [0.3, 0.4) is 0 Å². The zero-order valence-corrected chi connectivity index (χ0v) is 9.88. The Bertz CT molecular complexity index is 346. The lowest BCUT2D eigenvalue weighted by atomic mass is 9.82. The predicted octanol–water partition coefficient (Wildman–Crippen LogP) is 1.44. The minimum absolute atomic E-state index is 0.0774. The maximum atomic E-state index is 11.9. The van der Waals surface area contributed by atoms with Crippen LogP contribution in [0.25, 0.3) is 0 Å². The second-order valence-corrected chi connectivity index (χ2v) is 4.66. The lowest BCUT2D eigenvalue weighted by Gasteiger charge is -2.37. The summed E-state index contributed by atoms with van der Waals surface area (Å²) in [5.74, 6) is -1.05. The van der Waals surface area contributed by atoms with E-state index in [-0.39, 0.29) is 13.1 Å². The SMILES string of the molecule is CC1(C(=O)O)CCCN(C(=O)NCC(F)(F)F)C1. The number of likely N-dealkylation sites (tertiary alicyclic amines) is 1. The van der Waals surface area contributed by atoms with Crippen molar-refractivity contribution in [3.8, 4) is 0 Å². The number of carboxylic acids is 1. The Labute approximate surface area is 102 Å². The highest BCUT2D eigenvalue weighted by molar-refractivity contribution is 5.78. The van der Waals surface area contributed by atoms with Crippen LogP contribution in [-0.2, 0) is 4.79 Å². The van der Waals surface area contributed by atoms with Crippen LogP contribution in [0.15, 0.2) is 0 Å². The summed E-state index contributed by atoms with van der Waals surface area (Å²) < 4.78 is 35.8. The zero-order valence-electron chi connectivity index (χ0n) is 9.88. The van der Waals surface area contributed by atoms with Crippen molar-refractivity contribution in [2.75, 3.05) is 19.6 Å². The number of carboxylic acid groups (broad SMARTS) is 1. The van der Waals surface area contributed by atoms with Crippen molar-refractivity contribution in [1.82, 2.24) is 10.2 Å². The molecule has 1 unspecified atom stereocenters. The summed E-state index contributed by atoms with van der Waals surface area (Å²) in [6.07, 6.45) is -3.60. The number of piperidine rings is 1. The number of amides is 2. The van der Waals surface area contributed by atoms with Crippen LogP contribution in [0.2, 0.25) is 0 Å². The van der Waals surface area contributed by atoms with Crippen LogP contribution < -0.4 is 5.32 Å². The number of halogens is 3. The summed E-state index contributed by atoms with van der Waals surface area (Å²) in [5.41, 5.74) is -1.09. The van der Waals surface area contributed by atoms with Gasteiger partial charge >= 0.3 is 18.2 Å². The van der Waals surface area contributed by atoms with Crippen molar-refractivity contribution >= 4 is 12.0 Å². The number of alkyl halides is 3. The molecule has 1 fully saturated rings. The molecule has 0 spiro atoms. The highest BCUT2D eigenvalue weighted by atomic mass is 19.4. The van der Waals surface area contributed by atoms with Gasteiger partial charge in [0.1, 0.15) is 6.54 Å². The summed E-state index contributed by atoms with van der Waals surface area (Å²) in [6.45, 7) is 0.267. The second-order valence-electron chi connectivity index (χ2n) is 4.66. The van der Waals surface area contributed by atoms with Crippen LogP contribution in [-0.4, -0.2) is 47.8 Å². The molecule has 5 nitrogen and oxygen atoms in total. The van der Waals surface area contributed by atoms with Gasteiger partial charge in [0, 0.05) is 13.1 Å². The summed E-state index contributed by atoms with van der Waals surface area (Å²) in [5, 5.41) is 10.8. The topological polar surface area (TPSA) is 69.6 Å². The Kier molecular flexibility index (Phi) is 4.08. The zero-order chi connectivity index (χ0) is 14.0. The summed E-state index contributed by atoms with van der Waals surface area (Å²) >= 11 is 0. The first-order valence-corrected chi connectivity index (χ1v) is 5.47. The summed E-state index contributed by atoms with van der Waals surface area (Å²) in [7, 11) is 0. The third-order valence-corrected chi connectivity index (χ3v) is 2.94. The average molecular weight is 268 g/mol. The van der Waals surface area contributed by atoms with E-state index >= 15 is 0 Å². The quantitative estimate of drug-likeness (QED) is 0.796. The van der Waals surface area contributed by atoms with Crippen molar-refractivity contribution < 1.29 is 27.9 Å². The van der Waals surface area contributed by atoms with E-state index in [1.165, 1.54) is 6.92 Å². The van der Waals surface area contributed by atoms with Crippen LogP contribution >= 0.6 is 0 Å². The Morgan fingerprint density at radius 2 is 2.06 bits per heavy atom. The van der Waals surface area contributed by atoms with Gasteiger partial charge in [-0.05, 0) is 19.8 Å². The van der Waals surface area contributed by atoms with E-state index in [9.17, 15) is 22.8 Å². The highest BCUT2D eigenvalue weighted by Gasteiger charge is 2.40. The molecule has 1 aliphatic heterocycles. The largest absolute Gasteiger partial charge is 0.481 e. The van der Waals surface area contributed by atoms with Gasteiger partial charge in [-0.2, -0.15) is 13.2 Å². The smallest absolute Gasteiger partial charge is 0.405 e. The van der Waals surface area contributed by atoms with E-state index in [0.29, 0.717) is 12.8 Å². The number of nitrogens with zero attached hydrogens (tertiary/aromatic N) is 1. The van der Waals surface area contributed by atoms with Gasteiger partial charge in [-0.1, -0.05) is 0 Å². The summed E-state index contributed by atoms with van der Waals surface area (Å²) in [4.78, 5) is 23.6. The first-order chi connectivity index (χ1) is 8.14. The second kappa shape index (κ2) is 5.03. The molecule has 8 heteroatoms.